The van der Waals surface area contributed by atoms with Crippen LogP contribution >= 0.6 is 34.2 Å². The molecule has 0 saturated carbocycles. The molecule has 0 saturated heterocycles. The maximum Gasteiger partial charge on any atom is 0.124 e. The Morgan fingerprint density at radius 2 is 2.18 bits per heavy atom. The van der Waals surface area contributed by atoms with Gasteiger partial charge in [0.2, 0.25) is 0 Å². The van der Waals surface area contributed by atoms with E-state index in [1.54, 1.807) is 6.07 Å². The summed E-state index contributed by atoms with van der Waals surface area (Å²) in [5.41, 5.74) is 1.02. The highest BCUT2D eigenvalue weighted by Crippen LogP contribution is 2.17. The zero-order valence-corrected chi connectivity index (χ0v) is 8.69. The van der Waals surface area contributed by atoms with Crippen molar-refractivity contribution in [2.45, 2.75) is 6.42 Å². The molecule has 1 rings (SSSR count). The molecule has 60 valence electrons. The minimum absolute atomic E-state index is 0.271. The van der Waals surface area contributed by atoms with Crippen molar-refractivity contribution in [3.8, 4) is 0 Å². The van der Waals surface area contributed by atoms with Gasteiger partial charge >= 0.3 is 0 Å². The molecule has 0 radical (unpaired) electrons. The Morgan fingerprint density at radius 1 is 1.45 bits per heavy atom. The van der Waals surface area contributed by atoms with Crippen LogP contribution in [0.2, 0.25) is 5.02 Å². The maximum atomic E-state index is 12.5. The molecule has 0 spiro atoms. The average Bonchev–Trinajstić information content (AvgIpc) is 1.95. The van der Waals surface area contributed by atoms with Gasteiger partial charge in [0.1, 0.15) is 5.82 Å². The largest absolute Gasteiger partial charge is 0.207 e. The molecule has 0 bridgehead atoms. The summed E-state index contributed by atoms with van der Waals surface area (Å²) < 4.78 is 13.5. The van der Waals surface area contributed by atoms with Crippen molar-refractivity contribution in [2.24, 2.45) is 0 Å². The minimum Gasteiger partial charge on any atom is -0.207 e. The lowest BCUT2D eigenvalue weighted by Gasteiger charge is -2.00. The van der Waals surface area contributed by atoms with Crippen LogP contribution in [0.5, 0.6) is 0 Å². The standard InChI is InChI=1S/C8H7ClFI/c9-8-5-7(10)2-1-6(8)3-4-11/h1-2,5H,3-4H2. The number of rotatable bonds is 2. The molecule has 0 aliphatic heterocycles. The molecule has 0 nitrogen and oxygen atoms in total. The Hall–Kier alpha value is 0.170. The van der Waals surface area contributed by atoms with Gasteiger partial charge in [-0.1, -0.05) is 40.3 Å². The van der Waals surface area contributed by atoms with E-state index in [1.165, 1.54) is 12.1 Å². The summed E-state index contributed by atoms with van der Waals surface area (Å²) in [6.07, 6.45) is 0.902. The lowest BCUT2D eigenvalue weighted by molar-refractivity contribution is 0.627. The van der Waals surface area contributed by atoms with Crippen molar-refractivity contribution < 1.29 is 4.39 Å². The summed E-state index contributed by atoms with van der Waals surface area (Å²) in [5, 5.41) is 0.529. The Bertz CT molecular complexity index is 250. The zero-order valence-electron chi connectivity index (χ0n) is 5.78. The monoisotopic (exact) mass is 284 g/mol. The number of halogens is 3. The third kappa shape index (κ3) is 2.60. The highest BCUT2D eigenvalue weighted by Gasteiger charge is 1.99. The second-order valence-corrected chi connectivity index (χ2v) is 3.66. The molecule has 0 aliphatic rings. The highest BCUT2D eigenvalue weighted by molar-refractivity contribution is 14.1. The molecule has 0 amide bonds. The Morgan fingerprint density at radius 3 is 2.73 bits per heavy atom. The predicted octanol–water partition coefficient (Wildman–Crippen LogP) is 3.46. The zero-order chi connectivity index (χ0) is 8.27. The van der Waals surface area contributed by atoms with Gasteiger partial charge in [0.25, 0.3) is 0 Å². The number of aryl methyl sites for hydroxylation is 1. The Kier molecular flexibility index (Phi) is 3.59. The van der Waals surface area contributed by atoms with Crippen LogP contribution in [-0.4, -0.2) is 4.43 Å². The third-order valence-electron chi connectivity index (χ3n) is 1.38. The van der Waals surface area contributed by atoms with E-state index in [1.807, 2.05) is 0 Å². The highest BCUT2D eigenvalue weighted by atomic mass is 127. The van der Waals surface area contributed by atoms with Crippen molar-refractivity contribution in [1.82, 2.24) is 0 Å². The molecule has 0 atom stereocenters. The van der Waals surface area contributed by atoms with Gasteiger partial charge in [-0.2, -0.15) is 0 Å². The summed E-state index contributed by atoms with van der Waals surface area (Å²) in [5.74, 6) is -0.271. The normalized spacial score (nSPS) is 10.1. The molecular formula is C8H7ClFI. The van der Waals surface area contributed by atoms with Crippen LogP contribution in [0.3, 0.4) is 0 Å². The van der Waals surface area contributed by atoms with Gasteiger partial charge in [0, 0.05) is 9.45 Å². The third-order valence-corrected chi connectivity index (χ3v) is 2.27. The smallest absolute Gasteiger partial charge is 0.124 e. The lowest BCUT2D eigenvalue weighted by atomic mass is 10.2. The van der Waals surface area contributed by atoms with Crippen LogP contribution in [0, 0.1) is 5.82 Å². The van der Waals surface area contributed by atoms with Gasteiger partial charge in [0.05, 0.1) is 0 Å². The number of hydrogen-bond acceptors (Lipinski definition) is 0. The fourth-order valence-electron chi connectivity index (χ4n) is 0.826. The quantitative estimate of drug-likeness (QED) is 0.576. The SMILES string of the molecule is Fc1ccc(CCI)c(Cl)c1. The van der Waals surface area contributed by atoms with Gasteiger partial charge in [-0.15, -0.1) is 0 Å². The number of benzene rings is 1. The Labute approximate surface area is 83.9 Å². The van der Waals surface area contributed by atoms with Gasteiger partial charge in [-0.3, -0.25) is 0 Å². The topological polar surface area (TPSA) is 0 Å². The predicted molar refractivity (Wildman–Crippen MR) is 54.0 cm³/mol. The number of alkyl halides is 1. The van der Waals surface area contributed by atoms with Gasteiger partial charge in [0.15, 0.2) is 0 Å². The average molecular weight is 284 g/mol. The summed E-state index contributed by atoms with van der Waals surface area (Å²) in [6.45, 7) is 0. The second kappa shape index (κ2) is 4.26. The van der Waals surface area contributed by atoms with Crippen molar-refractivity contribution in [3.05, 3.63) is 34.6 Å². The van der Waals surface area contributed by atoms with E-state index >= 15 is 0 Å². The molecule has 0 aliphatic carbocycles. The molecule has 1 aromatic rings. The fraction of sp³-hybridized carbons (Fsp3) is 0.250. The van der Waals surface area contributed by atoms with Gasteiger partial charge in [-0.05, 0) is 24.1 Å². The van der Waals surface area contributed by atoms with Crippen molar-refractivity contribution in [1.29, 1.82) is 0 Å². The van der Waals surface area contributed by atoms with Crippen molar-refractivity contribution in [2.75, 3.05) is 4.43 Å². The molecule has 0 fully saturated rings. The van der Waals surface area contributed by atoms with E-state index in [4.69, 9.17) is 11.6 Å². The van der Waals surface area contributed by atoms with E-state index < -0.39 is 0 Å². The molecule has 0 N–H and O–H groups in total. The van der Waals surface area contributed by atoms with Gasteiger partial charge < -0.3 is 0 Å². The van der Waals surface area contributed by atoms with Crippen LogP contribution < -0.4 is 0 Å². The first-order valence-corrected chi connectivity index (χ1v) is 5.14. The molecule has 0 aromatic heterocycles. The van der Waals surface area contributed by atoms with E-state index in [-0.39, 0.29) is 5.82 Å². The fourth-order valence-corrected chi connectivity index (χ4v) is 1.67. The van der Waals surface area contributed by atoms with Gasteiger partial charge in [-0.25, -0.2) is 4.39 Å². The molecule has 1 aromatic carbocycles. The molecule has 11 heavy (non-hydrogen) atoms. The summed E-state index contributed by atoms with van der Waals surface area (Å²) in [6, 6.07) is 4.52. The van der Waals surface area contributed by atoms with Crippen LogP contribution in [0.1, 0.15) is 5.56 Å². The van der Waals surface area contributed by atoms with E-state index in [9.17, 15) is 4.39 Å². The van der Waals surface area contributed by atoms with Crippen LogP contribution in [0.25, 0.3) is 0 Å². The van der Waals surface area contributed by atoms with E-state index in [0.717, 1.165) is 16.4 Å². The maximum absolute atomic E-state index is 12.5. The molecular weight excluding hydrogens is 277 g/mol. The summed E-state index contributed by atoms with van der Waals surface area (Å²) in [4.78, 5) is 0. The van der Waals surface area contributed by atoms with Crippen LogP contribution in [0.4, 0.5) is 4.39 Å². The minimum atomic E-state index is -0.271. The lowest BCUT2D eigenvalue weighted by Crippen LogP contribution is -1.87. The molecule has 3 heteroatoms. The molecule has 0 unspecified atom stereocenters. The first kappa shape index (κ1) is 9.26. The van der Waals surface area contributed by atoms with Crippen molar-refractivity contribution >= 4 is 34.2 Å². The van der Waals surface area contributed by atoms with E-state index in [0.29, 0.717) is 5.02 Å². The molecule has 0 heterocycles. The Balaban J connectivity index is 2.90. The van der Waals surface area contributed by atoms with Crippen LogP contribution in [-0.2, 0) is 6.42 Å². The van der Waals surface area contributed by atoms with Crippen molar-refractivity contribution in [3.63, 3.8) is 0 Å². The first-order chi connectivity index (χ1) is 5.24. The van der Waals surface area contributed by atoms with E-state index in [2.05, 4.69) is 22.6 Å². The second-order valence-electron chi connectivity index (χ2n) is 2.17. The first-order valence-electron chi connectivity index (χ1n) is 3.24. The number of hydrogen-bond donors (Lipinski definition) is 0. The van der Waals surface area contributed by atoms with Crippen LogP contribution in [0.15, 0.2) is 18.2 Å². The summed E-state index contributed by atoms with van der Waals surface area (Å²) in [7, 11) is 0. The summed E-state index contributed by atoms with van der Waals surface area (Å²) >= 11 is 8.03.